The molecule has 1 aromatic heterocycles. The number of carboxylic acid groups (broad SMARTS) is 1. The summed E-state index contributed by atoms with van der Waals surface area (Å²) in [7, 11) is 0. The first-order valence-corrected chi connectivity index (χ1v) is 9.62. The van der Waals surface area contributed by atoms with Gasteiger partial charge in [0.1, 0.15) is 6.61 Å². The first-order chi connectivity index (χ1) is 11.6. The largest absolute Gasteiger partial charge is 0.480 e. The second-order valence-corrected chi connectivity index (χ2v) is 7.53. The predicted molar refractivity (Wildman–Crippen MR) is 94.1 cm³/mol. The van der Waals surface area contributed by atoms with Crippen LogP contribution in [-0.4, -0.2) is 30.2 Å². The highest BCUT2D eigenvalue weighted by Crippen LogP contribution is 2.49. The summed E-state index contributed by atoms with van der Waals surface area (Å²) >= 11 is 1.47. The third kappa shape index (κ3) is 6.24. The fraction of sp³-hybridized carbons (Fsp3) is 0.667. The molecule has 3 unspecified atom stereocenters. The molecule has 0 radical (unpaired) electrons. The maximum Gasteiger partial charge on any atom is 0.329 e. The van der Waals surface area contributed by atoms with Crippen LogP contribution >= 0.6 is 11.3 Å². The minimum Gasteiger partial charge on any atom is -0.480 e. The monoisotopic (exact) mass is 353 g/mol. The van der Waals surface area contributed by atoms with Gasteiger partial charge in [-0.05, 0) is 54.9 Å². The zero-order valence-electron chi connectivity index (χ0n) is 14.0. The van der Waals surface area contributed by atoms with Gasteiger partial charge in [-0.15, -0.1) is 0 Å². The lowest BCUT2D eigenvalue weighted by molar-refractivity contribution is -0.142. The molecular weight excluding hydrogens is 326 g/mol. The molecule has 3 N–H and O–H groups in total. The molecule has 24 heavy (non-hydrogen) atoms. The Morgan fingerprint density at radius 2 is 2.12 bits per heavy atom. The molecule has 0 aromatic carbocycles. The van der Waals surface area contributed by atoms with Crippen molar-refractivity contribution < 1.29 is 19.4 Å². The molecule has 3 rings (SSSR count). The maximum absolute atomic E-state index is 10.3. The topological polar surface area (TPSA) is 89.6 Å². The third-order valence-electron chi connectivity index (χ3n) is 5.03. The number of carboxylic acids is 1. The molecule has 3 atom stereocenters. The van der Waals surface area contributed by atoms with Crippen molar-refractivity contribution in [2.45, 2.75) is 44.9 Å². The van der Waals surface area contributed by atoms with Crippen LogP contribution in [0.4, 0.5) is 0 Å². The van der Waals surface area contributed by atoms with Crippen LogP contribution < -0.4 is 5.73 Å². The normalized spacial score (nSPS) is 24.4. The van der Waals surface area contributed by atoms with Gasteiger partial charge in [0.15, 0.2) is 0 Å². The highest BCUT2D eigenvalue weighted by atomic mass is 32.1. The van der Waals surface area contributed by atoms with E-state index in [2.05, 4.69) is 0 Å². The Morgan fingerprint density at radius 3 is 2.62 bits per heavy atom. The van der Waals surface area contributed by atoms with Crippen molar-refractivity contribution in [3.63, 3.8) is 0 Å². The van der Waals surface area contributed by atoms with Gasteiger partial charge in [0, 0.05) is 17.6 Å². The standard InChI is InChI=1S/C13H22O3.C5H5NOS/c14-13(15)9-16-6-2-1-3-11-7-10-4-5-12(11)8-10;6-5(7)4-1-2-8-3-4/h10-12H,1-9H2,(H,14,15);1-3H,(H2,6,7). The van der Waals surface area contributed by atoms with Crippen molar-refractivity contribution in [1.82, 2.24) is 0 Å². The van der Waals surface area contributed by atoms with E-state index in [1.807, 2.05) is 5.38 Å². The second kappa shape index (κ2) is 9.79. The van der Waals surface area contributed by atoms with Crippen molar-refractivity contribution in [2.24, 2.45) is 23.5 Å². The summed E-state index contributed by atoms with van der Waals surface area (Å²) < 4.78 is 5.02. The van der Waals surface area contributed by atoms with E-state index in [1.54, 1.807) is 11.4 Å². The Balaban J connectivity index is 0.000000219. The van der Waals surface area contributed by atoms with Crippen molar-refractivity contribution in [1.29, 1.82) is 0 Å². The van der Waals surface area contributed by atoms with Crippen molar-refractivity contribution in [3.8, 4) is 0 Å². The molecular formula is C18H27NO4S. The number of fused-ring (bicyclic) bond motifs is 2. The number of aliphatic carboxylic acids is 1. The molecule has 1 aromatic rings. The lowest BCUT2D eigenvalue weighted by atomic mass is 9.85. The van der Waals surface area contributed by atoms with Gasteiger partial charge in [-0.25, -0.2) is 4.79 Å². The molecule has 0 spiro atoms. The number of hydrogen-bond acceptors (Lipinski definition) is 4. The third-order valence-corrected chi connectivity index (χ3v) is 5.71. The van der Waals surface area contributed by atoms with Crippen LogP contribution in [-0.2, 0) is 9.53 Å². The quantitative estimate of drug-likeness (QED) is 0.700. The van der Waals surface area contributed by atoms with Crippen molar-refractivity contribution in [3.05, 3.63) is 22.4 Å². The van der Waals surface area contributed by atoms with Gasteiger partial charge in [0.2, 0.25) is 5.91 Å². The van der Waals surface area contributed by atoms with Crippen molar-refractivity contribution in [2.75, 3.05) is 13.2 Å². The summed E-state index contributed by atoms with van der Waals surface area (Å²) in [6.07, 6.45) is 9.43. The maximum atomic E-state index is 10.3. The Labute approximate surface area is 147 Å². The summed E-state index contributed by atoms with van der Waals surface area (Å²) in [4.78, 5) is 20.5. The van der Waals surface area contributed by atoms with E-state index in [0.29, 0.717) is 12.2 Å². The summed E-state index contributed by atoms with van der Waals surface area (Å²) in [6, 6.07) is 1.70. The fourth-order valence-electron chi connectivity index (χ4n) is 3.90. The van der Waals surface area contributed by atoms with Gasteiger partial charge in [-0.3, -0.25) is 4.79 Å². The van der Waals surface area contributed by atoms with Crippen LogP contribution in [0.2, 0.25) is 0 Å². The Bertz CT molecular complexity index is 517. The molecule has 2 bridgehead atoms. The molecule has 1 heterocycles. The van der Waals surface area contributed by atoms with Gasteiger partial charge in [0.25, 0.3) is 0 Å². The minimum atomic E-state index is -0.867. The van der Waals surface area contributed by atoms with E-state index in [4.69, 9.17) is 15.6 Å². The molecule has 5 nitrogen and oxygen atoms in total. The highest BCUT2D eigenvalue weighted by Gasteiger charge is 2.38. The number of carbonyl (C=O) groups is 2. The average molecular weight is 353 g/mol. The molecule has 2 saturated carbocycles. The van der Waals surface area contributed by atoms with Crippen molar-refractivity contribution >= 4 is 23.2 Å². The molecule has 0 aliphatic heterocycles. The number of primary amides is 1. The van der Waals surface area contributed by atoms with Gasteiger partial charge < -0.3 is 15.6 Å². The predicted octanol–water partition coefficient (Wildman–Crippen LogP) is 3.54. The van der Waals surface area contributed by atoms with E-state index in [9.17, 15) is 9.59 Å². The number of unbranched alkanes of at least 4 members (excludes halogenated alkanes) is 1. The number of ether oxygens (including phenoxy) is 1. The first-order valence-electron chi connectivity index (χ1n) is 8.67. The molecule has 1 amide bonds. The van der Waals surface area contributed by atoms with Gasteiger partial charge in [-0.2, -0.15) is 11.3 Å². The number of nitrogens with two attached hydrogens (primary N) is 1. The molecule has 2 aliphatic carbocycles. The van der Waals surface area contributed by atoms with Crippen LogP contribution in [0.15, 0.2) is 16.8 Å². The molecule has 2 aliphatic rings. The van der Waals surface area contributed by atoms with Crippen LogP contribution in [0.25, 0.3) is 0 Å². The summed E-state index contributed by atoms with van der Waals surface area (Å²) in [5.74, 6) is 1.81. The van der Waals surface area contributed by atoms with E-state index >= 15 is 0 Å². The van der Waals surface area contributed by atoms with E-state index in [-0.39, 0.29) is 12.5 Å². The van der Waals surface area contributed by atoms with E-state index < -0.39 is 5.97 Å². The Kier molecular flexibility index (Phi) is 7.72. The van der Waals surface area contributed by atoms with Crippen LogP contribution in [0.1, 0.15) is 55.3 Å². The number of hydrogen-bond donors (Lipinski definition) is 2. The SMILES string of the molecule is NC(=O)c1ccsc1.O=C(O)COCCCCC1CC2CCC1C2. The molecule has 6 heteroatoms. The number of rotatable bonds is 8. The fourth-order valence-corrected chi connectivity index (χ4v) is 4.55. The lowest BCUT2D eigenvalue weighted by Crippen LogP contribution is -2.11. The Hall–Kier alpha value is -1.40. The number of thiophene rings is 1. The molecule has 134 valence electrons. The van der Waals surface area contributed by atoms with Crippen LogP contribution in [0.3, 0.4) is 0 Å². The van der Waals surface area contributed by atoms with Gasteiger partial charge in [-0.1, -0.05) is 19.3 Å². The van der Waals surface area contributed by atoms with E-state index in [1.165, 1.54) is 49.9 Å². The second-order valence-electron chi connectivity index (χ2n) is 6.75. The highest BCUT2D eigenvalue weighted by molar-refractivity contribution is 7.08. The summed E-state index contributed by atoms with van der Waals surface area (Å²) in [5.41, 5.74) is 5.52. The van der Waals surface area contributed by atoms with E-state index in [0.717, 1.165) is 24.2 Å². The van der Waals surface area contributed by atoms with Gasteiger partial charge in [0.05, 0.1) is 0 Å². The van der Waals surface area contributed by atoms with Crippen LogP contribution in [0, 0.1) is 17.8 Å². The minimum absolute atomic E-state index is 0.145. The molecule has 0 saturated heterocycles. The zero-order chi connectivity index (χ0) is 17.4. The number of carbonyl (C=O) groups excluding carboxylic acids is 1. The average Bonchev–Trinajstić information content (AvgIpc) is 3.28. The Morgan fingerprint density at radius 1 is 1.29 bits per heavy atom. The molecule has 2 fully saturated rings. The first kappa shape index (κ1) is 18.9. The van der Waals surface area contributed by atoms with Crippen LogP contribution in [0.5, 0.6) is 0 Å². The van der Waals surface area contributed by atoms with Gasteiger partial charge >= 0.3 is 5.97 Å². The lowest BCUT2D eigenvalue weighted by Gasteiger charge is -2.21. The number of amides is 1. The summed E-state index contributed by atoms with van der Waals surface area (Å²) in [5, 5.41) is 11.9. The zero-order valence-corrected chi connectivity index (χ0v) is 14.8. The smallest absolute Gasteiger partial charge is 0.329 e. The summed E-state index contributed by atoms with van der Waals surface area (Å²) in [6.45, 7) is 0.460.